The highest BCUT2D eigenvalue weighted by Gasteiger charge is 2.40. The number of carbonyl (C=O) groups excluding carboxylic acids is 1. The van der Waals surface area contributed by atoms with Crippen molar-refractivity contribution in [3.63, 3.8) is 0 Å². The van der Waals surface area contributed by atoms with Gasteiger partial charge in [0.05, 0.1) is 24.4 Å². The van der Waals surface area contributed by atoms with E-state index in [2.05, 4.69) is 15.6 Å². The normalized spacial score (nSPS) is 20.1. The number of ether oxygens (including phenoxy) is 2. The predicted molar refractivity (Wildman–Crippen MR) is 110 cm³/mol. The van der Waals surface area contributed by atoms with Crippen molar-refractivity contribution in [1.29, 1.82) is 0 Å². The fourth-order valence-corrected chi connectivity index (χ4v) is 3.60. The maximum Gasteiger partial charge on any atom is 0.404 e. The molecule has 10 nitrogen and oxygen atoms in total. The van der Waals surface area contributed by atoms with Gasteiger partial charge in [-0.05, 0) is 40.0 Å². The van der Waals surface area contributed by atoms with Gasteiger partial charge < -0.3 is 34.7 Å². The standard InChI is InChI=1S/C20H33N5O5/c1-13(2)30-19-23-16(12-24(19)9-4-7-22-20(27)28)14(3)25(15-5-6-15)18(26)17-11-21-8-10-29-17/h12-15,17,21-22H,4-11H2,1-3H3,(H,27,28)/t14-,17-/m1/s1. The minimum absolute atomic E-state index is 0.00346. The van der Waals surface area contributed by atoms with Crippen LogP contribution >= 0.6 is 0 Å². The van der Waals surface area contributed by atoms with Crippen molar-refractivity contribution < 1.29 is 24.2 Å². The molecule has 0 spiro atoms. The number of hydrogen-bond donors (Lipinski definition) is 3. The molecule has 1 aliphatic heterocycles. The van der Waals surface area contributed by atoms with Gasteiger partial charge in [-0.25, -0.2) is 4.79 Å². The summed E-state index contributed by atoms with van der Waals surface area (Å²) >= 11 is 0. The Hall–Kier alpha value is -2.33. The molecule has 30 heavy (non-hydrogen) atoms. The maximum atomic E-state index is 13.2. The Labute approximate surface area is 176 Å². The molecule has 1 saturated heterocycles. The van der Waals surface area contributed by atoms with E-state index in [4.69, 9.17) is 14.6 Å². The summed E-state index contributed by atoms with van der Waals surface area (Å²) in [6, 6.07) is 0.502. The van der Waals surface area contributed by atoms with Crippen LogP contribution in [0.3, 0.4) is 0 Å². The number of imidazole rings is 1. The van der Waals surface area contributed by atoms with Gasteiger partial charge in [0.1, 0.15) is 6.10 Å². The summed E-state index contributed by atoms with van der Waals surface area (Å²) in [4.78, 5) is 30.4. The molecule has 168 valence electrons. The second-order valence-electron chi connectivity index (χ2n) is 8.11. The van der Waals surface area contributed by atoms with Gasteiger partial charge in [0.2, 0.25) is 0 Å². The largest absolute Gasteiger partial charge is 0.465 e. The highest BCUT2D eigenvalue weighted by molar-refractivity contribution is 5.82. The van der Waals surface area contributed by atoms with Gasteiger partial charge in [-0.15, -0.1) is 0 Å². The van der Waals surface area contributed by atoms with Gasteiger partial charge in [0.25, 0.3) is 11.9 Å². The van der Waals surface area contributed by atoms with E-state index in [1.807, 2.05) is 36.4 Å². The SMILES string of the molecule is CC(C)Oc1nc([C@@H](C)N(C(=O)[C@H]2CNCCO2)C2CC2)cn1CCCNC(=O)O. The van der Waals surface area contributed by atoms with Crippen LogP contribution in [0.2, 0.25) is 0 Å². The third-order valence-electron chi connectivity index (χ3n) is 5.19. The van der Waals surface area contributed by atoms with E-state index in [0.29, 0.717) is 38.7 Å². The van der Waals surface area contributed by atoms with Crippen LogP contribution in [0.25, 0.3) is 0 Å². The van der Waals surface area contributed by atoms with Crippen molar-refractivity contribution in [2.75, 3.05) is 26.2 Å². The molecule has 0 radical (unpaired) electrons. The molecule has 0 aromatic carbocycles. The molecular weight excluding hydrogens is 390 g/mol. The Morgan fingerprint density at radius 3 is 2.80 bits per heavy atom. The first-order chi connectivity index (χ1) is 14.4. The number of nitrogens with zero attached hydrogens (tertiary/aromatic N) is 3. The Kier molecular flexibility index (Phi) is 7.54. The number of carboxylic acid groups (broad SMARTS) is 1. The highest BCUT2D eigenvalue weighted by Crippen LogP contribution is 2.35. The van der Waals surface area contributed by atoms with Crippen LogP contribution in [-0.2, 0) is 16.1 Å². The van der Waals surface area contributed by atoms with E-state index < -0.39 is 12.2 Å². The van der Waals surface area contributed by atoms with Crippen LogP contribution in [0.1, 0.15) is 51.8 Å². The number of carbonyl (C=O) groups is 2. The van der Waals surface area contributed by atoms with E-state index >= 15 is 0 Å². The lowest BCUT2D eigenvalue weighted by molar-refractivity contribution is -0.148. The zero-order valence-electron chi connectivity index (χ0n) is 18.0. The van der Waals surface area contributed by atoms with Crippen LogP contribution in [0.4, 0.5) is 4.79 Å². The summed E-state index contributed by atoms with van der Waals surface area (Å²) in [5.41, 5.74) is 0.765. The number of amides is 2. The summed E-state index contributed by atoms with van der Waals surface area (Å²) < 4.78 is 13.4. The average Bonchev–Trinajstić information content (AvgIpc) is 3.46. The number of aromatic nitrogens is 2. The smallest absolute Gasteiger partial charge is 0.404 e. The minimum atomic E-state index is -1.04. The summed E-state index contributed by atoms with van der Waals surface area (Å²) in [6.07, 6.45) is 2.96. The van der Waals surface area contributed by atoms with Crippen molar-refractivity contribution in [1.82, 2.24) is 25.1 Å². The first-order valence-electron chi connectivity index (χ1n) is 10.7. The molecule has 0 bridgehead atoms. The Morgan fingerprint density at radius 1 is 1.43 bits per heavy atom. The molecular formula is C20H33N5O5. The second kappa shape index (κ2) is 10.1. The van der Waals surface area contributed by atoms with Crippen molar-refractivity contribution in [3.05, 3.63) is 11.9 Å². The molecule has 2 amide bonds. The maximum absolute atomic E-state index is 13.2. The Morgan fingerprint density at radius 2 is 2.20 bits per heavy atom. The van der Waals surface area contributed by atoms with E-state index in [0.717, 1.165) is 25.1 Å². The molecule has 10 heteroatoms. The van der Waals surface area contributed by atoms with Crippen LogP contribution in [0.5, 0.6) is 6.01 Å². The van der Waals surface area contributed by atoms with E-state index in [1.54, 1.807) is 0 Å². The molecule has 3 N–H and O–H groups in total. The predicted octanol–water partition coefficient (Wildman–Crippen LogP) is 1.37. The van der Waals surface area contributed by atoms with Crippen LogP contribution < -0.4 is 15.4 Å². The number of hydrogen-bond acceptors (Lipinski definition) is 6. The number of rotatable bonds is 10. The fraction of sp³-hybridized carbons (Fsp3) is 0.750. The van der Waals surface area contributed by atoms with Gasteiger partial charge in [-0.3, -0.25) is 4.79 Å². The average molecular weight is 424 g/mol. The molecule has 2 heterocycles. The van der Waals surface area contributed by atoms with Gasteiger partial charge in [-0.1, -0.05) is 0 Å². The molecule has 2 atom stereocenters. The molecule has 1 aliphatic carbocycles. The molecule has 2 aliphatic rings. The van der Waals surface area contributed by atoms with Crippen LogP contribution in [0.15, 0.2) is 6.20 Å². The molecule has 1 saturated carbocycles. The summed E-state index contributed by atoms with van der Waals surface area (Å²) in [5.74, 6) is 0.00346. The van der Waals surface area contributed by atoms with Gasteiger partial charge >= 0.3 is 6.09 Å². The van der Waals surface area contributed by atoms with Crippen molar-refractivity contribution >= 4 is 12.0 Å². The van der Waals surface area contributed by atoms with Gasteiger partial charge in [-0.2, -0.15) is 4.98 Å². The first kappa shape index (κ1) is 22.4. The summed E-state index contributed by atoms with van der Waals surface area (Å²) in [7, 11) is 0. The fourth-order valence-electron chi connectivity index (χ4n) is 3.60. The minimum Gasteiger partial charge on any atom is -0.465 e. The summed E-state index contributed by atoms with van der Waals surface area (Å²) in [5, 5.41) is 14.3. The molecule has 1 aromatic rings. The van der Waals surface area contributed by atoms with Crippen LogP contribution in [0, 0.1) is 0 Å². The number of aryl methyl sites for hydroxylation is 1. The molecule has 2 fully saturated rings. The van der Waals surface area contributed by atoms with E-state index in [-0.39, 0.29) is 24.1 Å². The van der Waals surface area contributed by atoms with E-state index in [1.165, 1.54) is 0 Å². The molecule has 1 aromatic heterocycles. The Balaban J connectivity index is 1.74. The quantitative estimate of drug-likeness (QED) is 0.487. The third-order valence-corrected chi connectivity index (χ3v) is 5.19. The topological polar surface area (TPSA) is 118 Å². The third kappa shape index (κ3) is 5.85. The lowest BCUT2D eigenvalue weighted by Gasteiger charge is -2.33. The lowest BCUT2D eigenvalue weighted by atomic mass is 10.1. The molecule has 0 unspecified atom stereocenters. The number of nitrogens with one attached hydrogen (secondary N) is 2. The Bertz CT molecular complexity index is 727. The van der Waals surface area contributed by atoms with Gasteiger partial charge in [0.15, 0.2) is 0 Å². The van der Waals surface area contributed by atoms with Crippen molar-refractivity contribution in [2.45, 2.75) is 70.9 Å². The first-order valence-corrected chi connectivity index (χ1v) is 10.7. The van der Waals surface area contributed by atoms with Gasteiger partial charge in [0, 0.05) is 38.4 Å². The second-order valence-corrected chi connectivity index (χ2v) is 8.11. The molecule has 3 rings (SSSR count). The monoisotopic (exact) mass is 423 g/mol. The number of morpholine rings is 1. The van der Waals surface area contributed by atoms with E-state index in [9.17, 15) is 9.59 Å². The lowest BCUT2D eigenvalue weighted by Crippen LogP contribution is -2.50. The summed E-state index contributed by atoms with van der Waals surface area (Å²) in [6.45, 7) is 8.59. The zero-order chi connectivity index (χ0) is 21.7. The van der Waals surface area contributed by atoms with Crippen LogP contribution in [-0.4, -0.2) is 76.0 Å². The zero-order valence-corrected chi connectivity index (χ0v) is 18.0. The van der Waals surface area contributed by atoms with Crippen molar-refractivity contribution in [3.8, 4) is 6.01 Å². The highest BCUT2D eigenvalue weighted by atomic mass is 16.5. The van der Waals surface area contributed by atoms with Crippen molar-refractivity contribution in [2.24, 2.45) is 0 Å².